The summed E-state index contributed by atoms with van der Waals surface area (Å²) in [6, 6.07) is 9.99. The third kappa shape index (κ3) is 2.20. The summed E-state index contributed by atoms with van der Waals surface area (Å²) in [7, 11) is 0. The average molecular weight is 312 g/mol. The molecule has 0 aliphatic rings. The smallest absolute Gasteiger partial charge is 0.235 e. The first-order chi connectivity index (χ1) is 8.05. The fourth-order valence-corrected chi connectivity index (χ4v) is 2.90. The van der Waals surface area contributed by atoms with E-state index in [9.17, 15) is 4.79 Å². The minimum atomic E-state index is -0.811. The zero-order valence-corrected chi connectivity index (χ0v) is 13.3. The van der Waals surface area contributed by atoms with Gasteiger partial charge in [-0.2, -0.15) is 0 Å². The predicted molar refractivity (Wildman–Crippen MR) is 79.8 cm³/mol. The van der Waals surface area contributed by atoms with E-state index in [1.165, 1.54) is 0 Å². The molecule has 0 aliphatic heterocycles. The molecule has 100 valence electrons. The fourth-order valence-electron chi connectivity index (χ4n) is 2.67. The molecule has 0 radical (unpaired) electrons. The number of carbonyl (C=O) groups excluding carboxylic acids is 1. The van der Waals surface area contributed by atoms with Gasteiger partial charge in [0.25, 0.3) is 0 Å². The molecule has 0 aliphatic carbocycles. The van der Waals surface area contributed by atoms with Crippen molar-refractivity contribution in [3.63, 3.8) is 0 Å². The van der Waals surface area contributed by atoms with Crippen LogP contribution in [0.4, 0.5) is 0 Å². The molecular weight excluding hydrogens is 290 g/mol. The van der Waals surface area contributed by atoms with Gasteiger partial charge in [-0.1, -0.05) is 80.9 Å². The summed E-state index contributed by atoms with van der Waals surface area (Å²) in [5, 5.41) is 0. The molecule has 0 fully saturated rings. The number of primary amides is 1. The Hall–Kier alpha value is -0.830. The third-order valence-corrected chi connectivity index (χ3v) is 6.30. The maximum Gasteiger partial charge on any atom is 0.235 e. The number of nitrogens with two attached hydrogens (primary N) is 1. The van der Waals surface area contributed by atoms with E-state index in [1.807, 2.05) is 65.0 Å². The van der Waals surface area contributed by atoms with Crippen molar-refractivity contribution < 1.29 is 4.79 Å². The number of rotatable bonds is 3. The highest BCUT2D eigenvalue weighted by Gasteiger charge is 2.56. The number of hydrogen-bond donors (Lipinski definition) is 1. The number of halogens is 1. The van der Waals surface area contributed by atoms with Crippen LogP contribution in [0.3, 0.4) is 0 Å². The van der Waals surface area contributed by atoms with E-state index in [1.54, 1.807) is 0 Å². The highest BCUT2D eigenvalue weighted by Crippen LogP contribution is 2.51. The zero-order chi connectivity index (χ0) is 14.2. The Morgan fingerprint density at radius 2 is 1.50 bits per heavy atom. The van der Waals surface area contributed by atoms with Crippen LogP contribution >= 0.6 is 15.9 Å². The topological polar surface area (TPSA) is 43.1 Å². The van der Waals surface area contributed by atoms with E-state index in [0.29, 0.717) is 0 Å². The van der Waals surface area contributed by atoms with Gasteiger partial charge < -0.3 is 5.73 Å². The normalized spacial score (nSPS) is 16.1. The van der Waals surface area contributed by atoms with Gasteiger partial charge in [-0.25, -0.2) is 0 Å². The molecule has 2 N–H and O–H groups in total. The summed E-state index contributed by atoms with van der Waals surface area (Å²) in [5.41, 5.74) is 6.09. The van der Waals surface area contributed by atoms with Crippen LogP contribution in [0.2, 0.25) is 0 Å². The van der Waals surface area contributed by atoms with Crippen molar-refractivity contribution >= 4 is 21.8 Å². The van der Waals surface area contributed by atoms with Gasteiger partial charge in [-0.15, -0.1) is 0 Å². The van der Waals surface area contributed by atoms with Gasteiger partial charge in [0, 0.05) is 5.41 Å². The number of benzene rings is 1. The van der Waals surface area contributed by atoms with Gasteiger partial charge in [-0.3, -0.25) is 4.79 Å². The van der Waals surface area contributed by atoms with Crippen molar-refractivity contribution in [1.82, 2.24) is 0 Å². The fraction of sp³-hybridized carbons (Fsp3) is 0.533. The highest BCUT2D eigenvalue weighted by molar-refractivity contribution is 9.10. The molecule has 1 unspecified atom stereocenters. The molecule has 0 heterocycles. The first kappa shape index (κ1) is 15.2. The molecule has 0 saturated carbocycles. The first-order valence-electron chi connectivity index (χ1n) is 6.09. The SMILES string of the molecule is CC(C)(C)C(Br)(C(N)=O)C(C)(C)c1ccccc1. The Balaban J connectivity index is 3.44. The van der Waals surface area contributed by atoms with Crippen LogP contribution in [-0.4, -0.2) is 10.2 Å². The van der Waals surface area contributed by atoms with Crippen molar-refractivity contribution in [2.24, 2.45) is 11.1 Å². The second-order valence-electron chi connectivity index (χ2n) is 6.26. The summed E-state index contributed by atoms with van der Waals surface area (Å²) in [6.45, 7) is 10.2. The Morgan fingerprint density at radius 3 is 1.83 bits per heavy atom. The van der Waals surface area contributed by atoms with Gasteiger partial charge in [0.1, 0.15) is 4.32 Å². The van der Waals surface area contributed by atoms with E-state index >= 15 is 0 Å². The average Bonchev–Trinajstić information content (AvgIpc) is 2.27. The maximum absolute atomic E-state index is 12.1. The lowest BCUT2D eigenvalue weighted by Crippen LogP contribution is -2.60. The molecule has 3 heteroatoms. The number of amides is 1. The maximum atomic E-state index is 12.1. The second kappa shape index (κ2) is 4.69. The lowest BCUT2D eigenvalue weighted by atomic mass is 9.62. The number of carbonyl (C=O) groups is 1. The lowest BCUT2D eigenvalue weighted by molar-refractivity contribution is -0.124. The molecule has 1 atom stereocenters. The zero-order valence-electron chi connectivity index (χ0n) is 11.8. The Kier molecular flexibility index (Phi) is 3.97. The summed E-state index contributed by atoms with van der Waals surface area (Å²) in [6.07, 6.45) is 0. The van der Waals surface area contributed by atoms with Crippen LogP contribution in [0, 0.1) is 5.41 Å². The molecule has 1 rings (SSSR count). The molecule has 2 nitrogen and oxygen atoms in total. The molecule has 18 heavy (non-hydrogen) atoms. The van der Waals surface area contributed by atoms with Gasteiger partial charge >= 0.3 is 0 Å². The molecule has 0 aromatic heterocycles. The summed E-state index contributed by atoms with van der Waals surface area (Å²) in [5.74, 6) is -0.330. The van der Waals surface area contributed by atoms with Crippen LogP contribution < -0.4 is 5.73 Å². The Labute approximate surface area is 118 Å². The summed E-state index contributed by atoms with van der Waals surface area (Å²) < 4.78 is -0.811. The van der Waals surface area contributed by atoms with Crippen LogP contribution in [-0.2, 0) is 10.2 Å². The Bertz CT molecular complexity index is 434. The van der Waals surface area contributed by atoms with E-state index in [-0.39, 0.29) is 11.3 Å². The van der Waals surface area contributed by atoms with Crippen molar-refractivity contribution in [2.45, 2.75) is 44.4 Å². The molecule has 0 bridgehead atoms. The van der Waals surface area contributed by atoms with Crippen molar-refractivity contribution in [3.8, 4) is 0 Å². The van der Waals surface area contributed by atoms with E-state index < -0.39 is 9.74 Å². The lowest BCUT2D eigenvalue weighted by Gasteiger charge is -2.49. The first-order valence-corrected chi connectivity index (χ1v) is 6.89. The molecular formula is C15H22BrNO. The minimum absolute atomic E-state index is 0.293. The van der Waals surface area contributed by atoms with Gasteiger partial charge in [0.05, 0.1) is 0 Å². The summed E-state index contributed by atoms with van der Waals surface area (Å²) in [4.78, 5) is 12.1. The van der Waals surface area contributed by atoms with E-state index in [4.69, 9.17) is 5.73 Å². The molecule has 0 spiro atoms. The van der Waals surface area contributed by atoms with Crippen LogP contribution in [0.15, 0.2) is 30.3 Å². The molecule has 1 amide bonds. The minimum Gasteiger partial charge on any atom is -0.368 e. The standard InChI is InChI=1S/C15H22BrNO/c1-13(2,3)15(16,12(17)18)14(4,5)11-9-7-6-8-10-11/h6-10H,1-5H3,(H2,17,18). The van der Waals surface area contributed by atoms with Crippen molar-refractivity contribution in [1.29, 1.82) is 0 Å². The van der Waals surface area contributed by atoms with E-state index in [2.05, 4.69) is 15.9 Å². The van der Waals surface area contributed by atoms with Crippen molar-refractivity contribution in [2.75, 3.05) is 0 Å². The van der Waals surface area contributed by atoms with Crippen LogP contribution in [0.5, 0.6) is 0 Å². The predicted octanol–water partition coefficient (Wildman–Crippen LogP) is 3.63. The van der Waals surface area contributed by atoms with Gasteiger partial charge in [0.15, 0.2) is 0 Å². The van der Waals surface area contributed by atoms with E-state index in [0.717, 1.165) is 5.56 Å². The quantitative estimate of drug-likeness (QED) is 0.851. The van der Waals surface area contributed by atoms with Gasteiger partial charge in [0.2, 0.25) is 5.91 Å². The molecule has 1 aromatic rings. The number of alkyl halides is 1. The third-order valence-electron chi connectivity index (χ3n) is 3.73. The summed E-state index contributed by atoms with van der Waals surface area (Å²) >= 11 is 3.65. The van der Waals surface area contributed by atoms with Crippen LogP contribution in [0.25, 0.3) is 0 Å². The Morgan fingerprint density at radius 1 is 1.06 bits per heavy atom. The highest BCUT2D eigenvalue weighted by atomic mass is 79.9. The largest absolute Gasteiger partial charge is 0.368 e. The number of hydrogen-bond acceptors (Lipinski definition) is 1. The van der Waals surface area contributed by atoms with Gasteiger partial charge in [-0.05, 0) is 11.0 Å². The van der Waals surface area contributed by atoms with Crippen LogP contribution in [0.1, 0.15) is 40.2 Å². The second-order valence-corrected chi connectivity index (χ2v) is 7.45. The molecule has 0 saturated heterocycles. The monoisotopic (exact) mass is 311 g/mol. The molecule has 1 aromatic carbocycles. The van der Waals surface area contributed by atoms with Crippen molar-refractivity contribution in [3.05, 3.63) is 35.9 Å².